The normalized spacial score (nSPS) is 23.3. The van der Waals surface area contributed by atoms with E-state index < -0.39 is 5.85 Å². The number of ether oxygens (including phenoxy) is 1. The molecule has 1 fully saturated rings. The van der Waals surface area contributed by atoms with Crippen molar-refractivity contribution in [3.8, 4) is 17.1 Å². The Hall–Kier alpha value is -4.23. The second-order valence-electron chi connectivity index (χ2n) is 8.85. The molecule has 1 saturated heterocycles. The van der Waals surface area contributed by atoms with Gasteiger partial charge in [0.25, 0.3) is 5.24 Å². The van der Waals surface area contributed by atoms with Crippen LogP contribution in [0.15, 0.2) is 111 Å². The summed E-state index contributed by atoms with van der Waals surface area (Å²) in [6.45, 7) is 0. The molecule has 3 aliphatic heterocycles. The van der Waals surface area contributed by atoms with E-state index in [1.165, 1.54) is 0 Å². The van der Waals surface area contributed by atoms with Crippen LogP contribution in [0.25, 0.3) is 17.4 Å². The van der Waals surface area contributed by atoms with Gasteiger partial charge in [-0.2, -0.15) is 5.10 Å². The molecule has 4 aromatic rings. The lowest BCUT2D eigenvalue weighted by Gasteiger charge is -2.44. The molecule has 1 aromatic heterocycles. The largest absolute Gasteiger partial charge is 0.457 e. The van der Waals surface area contributed by atoms with E-state index in [9.17, 15) is 4.79 Å². The number of amides is 1. The second-order valence-corrected chi connectivity index (χ2v) is 9.87. The van der Waals surface area contributed by atoms with E-state index in [0.29, 0.717) is 17.1 Å². The van der Waals surface area contributed by atoms with Gasteiger partial charge in [0.2, 0.25) is 0 Å². The molecule has 7 rings (SSSR count). The van der Waals surface area contributed by atoms with E-state index in [2.05, 4.69) is 23.5 Å². The van der Waals surface area contributed by atoms with E-state index in [-0.39, 0.29) is 11.3 Å². The fourth-order valence-electron chi connectivity index (χ4n) is 4.99. The zero-order chi connectivity index (χ0) is 24.1. The first-order valence-electron chi connectivity index (χ1n) is 11.8. The maximum absolute atomic E-state index is 12.8. The maximum Gasteiger partial charge on any atom is 0.314 e. The minimum Gasteiger partial charge on any atom is -0.457 e. The molecule has 1 spiro atoms. The van der Waals surface area contributed by atoms with E-state index in [1.54, 1.807) is 0 Å². The summed E-state index contributed by atoms with van der Waals surface area (Å²) in [5.74, 6) is 0.882. The number of carbonyl (C=O) groups is 1. The molecule has 6 nitrogen and oxygen atoms in total. The fourth-order valence-corrected chi connectivity index (χ4v) is 5.88. The van der Waals surface area contributed by atoms with Crippen LogP contribution in [0.4, 0.5) is 4.79 Å². The molecule has 36 heavy (non-hydrogen) atoms. The van der Waals surface area contributed by atoms with Gasteiger partial charge in [-0.05, 0) is 41.6 Å². The van der Waals surface area contributed by atoms with Crippen molar-refractivity contribution in [2.45, 2.75) is 18.3 Å². The summed E-state index contributed by atoms with van der Waals surface area (Å²) in [5, 5.41) is 9.80. The molecule has 0 saturated carbocycles. The van der Waals surface area contributed by atoms with Gasteiger partial charge in [0.1, 0.15) is 17.3 Å². The highest BCUT2D eigenvalue weighted by Crippen LogP contribution is 2.52. The van der Waals surface area contributed by atoms with Crippen LogP contribution in [0.3, 0.4) is 0 Å². The van der Waals surface area contributed by atoms with Crippen LogP contribution in [0, 0.1) is 0 Å². The Morgan fingerprint density at radius 2 is 1.64 bits per heavy atom. The number of hydrogen-bond donors (Lipinski definition) is 1. The Kier molecular flexibility index (Phi) is 4.79. The molecule has 3 aliphatic rings. The summed E-state index contributed by atoms with van der Waals surface area (Å²) in [6.07, 6.45) is 2.58. The molecule has 3 aromatic carbocycles. The molecule has 176 valence electrons. The van der Waals surface area contributed by atoms with E-state index in [0.717, 1.165) is 45.7 Å². The monoisotopic (exact) mass is 491 g/mol. The third-order valence-electron chi connectivity index (χ3n) is 6.64. The molecule has 0 aliphatic carbocycles. The van der Waals surface area contributed by atoms with Gasteiger partial charge >= 0.3 is 5.85 Å². The number of thioether (sulfide) groups is 1. The highest BCUT2D eigenvalue weighted by atomic mass is 32.2. The number of fused-ring (bicyclic) bond motifs is 4. The summed E-state index contributed by atoms with van der Waals surface area (Å²) >= 11 is 1.11. The predicted octanol–water partition coefficient (Wildman–Crippen LogP) is 6.64. The zero-order valence-corrected chi connectivity index (χ0v) is 19.9. The molecule has 1 N–H and O–H groups in total. The highest BCUT2D eigenvalue weighted by molar-refractivity contribution is 8.17. The van der Waals surface area contributed by atoms with Gasteiger partial charge in [-0.15, -0.1) is 0 Å². The lowest BCUT2D eigenvalue weighted by molar-refractivity contribution is -0.0949. The van der Waals surface area contributed by atoms with Crippen LogP contribution >= 0.6 is 11.8 Å². The zero-order valence-electron chi connectivity index (χ0n) is 19.1. The van der Waals surface area contributed by atoms with Crippen LogP contribution in [0.1, 0.15) is 29.3 Å². The lowest BCUT2D eigenvalue weighted by Crippen LogP contribution is -2.61. The van der Waals surface area contributed by atoms with Crippen LogP contribution in [-0.2, 0) is 0 Å². The van der Waals surface area contributed by atoms with Crippen molar-refractivity contribution >= 4 is 28.8 Å². The second kappa shape index (κ2) is 8.17. The van der Waals surface area contributed by atoms with Crippen molar-refractivity contribution in [3.63, 3.8) is 0 Å². The predicted molar refractivity (Wildman–Crippen MR) is 140 cm³/mol. The van der Waals surface area contributed by atoms with Gasteiger partial charge in [-0.1, -0.05) is 78.9 Å². The summed E-state index contributed by atoms with van der Waals surface area (Å²) < 4.78 is 12.7. The Labute approximate surface area is 212 Å². The number of furan rings is 1. The van der Waals surface area contributed by atoms with E-state index in [1.807, 2.05) is 89.9 Å². The van der Waals surface area contributed by atoms with Gasteiger partial charge in [0, 0.05) is 17.5 Å². The molecule has 7 heteroatoms. The number of hydrazone groups is 1. The number of nitrogens with zero attached hydrogens (tertiary/aromatic N) is 2. The number of carbonyl (C=O) groups excluding carboxylic acids is 1. The highest BCUT2D eigenvalue weighted by Gasteiger charge is 2.58. The van der Waals surface area contributed by atoms with Gasteiger partial charge in [-0.25, -0.2) is 5.01 Å². The van der Waals surface area contributed by atoms with Crippen molar-refractivity contribution in [1.29, 1.82) is 0 Å². The van der Waals surface area contributed by atoms with Crippen molar-refractivity contribution in [1.82, 2.24) is 10.3 Å². The SMILES string of the molecule is O=C1NC2(Oc3ccccc3C3CC(c4ccccc4)=NN32)/C(=C/c2ccc(-c3ccccc3)o2)S1. The van der Waals surface area contributed by atoms with E-state index >= 15 is 0 Å². The van der Waals surface area contributed by atoms with Gasteiger partial charge in [0.15, 0.2) is 0 Å². The molecular formula is C29H21N3O3S. The van der Waals surface area contributed by atoms with Gasteiger partial charge < -0.3 is 9.15 Å². The fraction of sp³-hybridized carbons (Fsp3) is 0.103. The summed E-state index contributed by atoms with van der Waals surface area (Å²) in [5.41, 5.74) is 4.05. The summed E-state index contributed by atoms with van der Waals surface area (Å²) in [4.78, 5) is 13.5. The third kappa shape index (κ3) is 3.35. The first kappa shape index (κ1) is 21.1. The molecule has 2 unspecified atom stereocenters. The Bertz CT molecular complexity index is 1530. The summed E-state index contributed by atoms with van der Waals surface area (Å²) in [6, 6.07) is 31.8. The van der Waals surface area contributed by atoms with Gasteiger partial charge in [0.05, 0.1) is 16.7 Å². The molecule has 4 heterocycles. The quantitative estimate of drug-likeness (QED) is 0.348. The molecular weight excluding hydrogens is 470 g/mol. The van der Waals surface area contributed by atoms with Crippen LogP contribution < -0.4 is 10.1 Å². The molecule has 2 atom stereocenters. The topological polar surface area (TPSA) is 67.1 Å². The first-order chi connectivity index (χ1) is 17.7. The average molecular weight is 492 g/mol. The van der Waals surface area contributed by atoms with Crippen LogP contribution in [-0.4, -0.2) is 21.8 Å². The first-order valence-corrected chi connectivity index (χ1v) is 12.6. The Morgan fingerprint density at radius 1 is 0.917 bits per heavy atom. The van der Waals surface area contributed by atoms with Crippen molar-refractivity contribution in [2.75, 3.05) is 0 Å². The van der Waals surface area contributed by atoms with Crippen molar-refractivity contribution in [2.24, 2.45) is 5.10 Å². The molecule has 0 radical (unpaired) electrons. The summed E-state index contributed by atoms with van der Waals surface area (Å²) in [7, 11) is 0. The lowest BCUT2D eigenvalue weighted by atomic mass is 9.96. The standard InChI is InChI=1S/C29H21N3O3S/c33-28-30-29(27(36-28)17-21-15-16-25(34-21)20-11-5-2-6-12-20)32-24(22-13-7-8-14-26(22)35-29)18-23(31-32)19-9-3-1-4-10-19/h1-17,24H,18H2,(H,30,33)/b27-17-. The third-order valence-corrected chi connectivity index (χ3v) is 7.54. The average Bonchev–Trinajstić information content (AvgIpc) is 3.64. The number of hydrogen-bond acceptors (Lipinski definition) is 6. The van der Waals surface area contributed by atoms with Crippen LogP contribution in [0.2, 0.25) is 0 Å². The number of para-hydroxylation sites is 1. The Balaban J connectivity index is 1.34. The van der Waals surface area contributed by atoms with E-state index in [4.69, 9.17) is 14.3 Å². The number of nitrogens with one attached hydrogen (secondary N) is 1. The van der Waals surface area contributed by atoms with Crippen LogP contribution in [0.5, 0.6) is 5.75 Å². The van der Waals surface area contributed by atoms with Gasteiger partial charge in [-0.3, -0.25) is 10.1 Å². The van der Waals surface area contributed by atoms with Crippen molar-refractivity contribution < 1.29 is 13.9 Å². The number of rotatable bonds is 3. The maximum atomic E-state index is 12.8. The Morgan fingerprint density at radius 3 is 2.44 bits per heavy atom. The molecule has 0 bridgehead atoms. The minimum atomic E-state index is -1.25. The minimum absolute atomic E-state index is 0.0796. The smallest absolute Gasteiger partial charge is 0.314 e. The van der Waals surface area contributed by atoms with Crippen molar-refractivity contribution in [3.05, 3.63) is 119 Å². The number of benzene rings is 3. The molecule has 1 amide bonds.